The van der Waals surface area contributed by atoms with Crippen LogP contribution in [0.25, 0.3) is 10.6 Å². The average Bonchev–Trinajstić information content (AvgIpc) is 3.43. The molecule has 12 heteroatoms. The quantitative estimate of drug-likeness (QED) is 0.155. The molecule has 0 unspecified atom stereocenters. The maximum atomic E-state index is 12.9. The molecular formula is C30H37ClN6O3S2. The smallest absolute Gasteiger partial charge is 0.229 e. The van der Waals surface area contributed by atoms with Crippen LogP contribution in [0.5, 0.6) is 5.75 Å². The number of para-hydroxylation sites is 1. The molecule has 4 aromatic rings. The molecule has 9 nitrogen and oxygen atoms in total. The van der Waals surface area contributed by atoms with Crippen LogP contribution in [0.3, 0.4) is 0 Å². The van der Waals surface area contributed by atoms with E-state index in [1.807, 2.05) is 32.0 Å². The van der Waals surface area contributed by atoms with E-state index in [1.165, 1.54) is 6.20 Å². The van der Waals surface area contributed by atoms with Crippen molar-refractivity contribution >= 4 is 55.9 Å². The number of anilines is 4. The number of nitrogens with zero attached hydrogens (tertiary/aromatic N) is 4. The van der Waals surface area contributed by atoms with Crippen molar-refractivity contribution in [1.29, 1.82) is 0 Å². The second kappa shape index (κ2) is 13.8. The first-order valence-corrected chi connectivity index (χ1v) is 16.7. The lowest BCUT2D eigenvalue weighted by molar-refractivity contribution is 0.244. The summed E-state index contributed by atoms with van der Waals surface area (Å²) in [4.78, 5) is 16.3. The van der Waals surface area contributed by atoms with Gasteiger partial charge in [0.2, 0.25) is 5.95 Å². The Morgan fingerprint density at radius 3 is 2.43 bits per heavy atom. The van der Waals surface area contributed by atoms with Crippen molar-refractivity contribution in [1.82, 2.24) is 19.9 Å². The van der Waals surface area contributed by atoms with Gasteiger partial charge in [-0.1, -0.05) is 37.6 Å². The zero-order valence-corrected chi connectivity index (χ0v) is 27.1. The van der Waals surface area contributed by atoms with Gasteiger partial charge < -0.3 is 15.4 Å². The van der Waals surface area contributed by atoms with E-state index in [1.54, 1.807) is 49.4 Å². The highest BCUT2D eigenvalue weighted by atomic mass is 35.5. The van der Waals surface area contributed by atoms with E-state index in [2.05, 4.69) is 44.7 Å². The molecule has 0 aliphatic rings. The summed E-state index contributed by atoms with van der Waals surface area (Å²) in [6.45, 7) is 14.3. The van der Waals surface area contributed by atoms with Gasteiger partial charge in [0, 0.05) is 17.5 Å². The van der Waals surface area contributed by atoms with Crippen molar-refractivity contribution in [3.8, 4) is 16.3 Å². The van der Waals surface area contributed by atoms with Crippen LogP contribution in [-0.2, 0) is 16.4 Å². The molecule has 0 fully saturated rings. The molecule has 0 radical (unpaired) electrons. The molecule has 0 spiro atoms. The van der Waals surface area contributed by atoms with Crippen LogP contribution in [0.15, 0.2) is 58.9 Å². The minimum absolute atomic E-state index is 0.0712. The van der Waals surface area contributed by atoms with Crippen LogP contribution >= 0.6 is 22.9 Å². The van der Waals surface area contributed by atoms with Crippen LogP contribution < -0.4 is 15.4 Å². The molecular weight excluding hydrogens is 592 g/mol. The summed E-state index contributed by atoms with van der Waals surface area (Å²) < 4.78 is 32.0. The highest BCUT2D eigenvalue weighted by Crippen LogP contribution is 2.36. The first-order chi connectivity index (χ1) is 20.0. The van der Waals surface area contributed by atoms with E-state index in [0.717, 1.165) is 35.9 Å². The van der Waals surface area contributed by atoms with Crippen molar-refractivity contribution in [3.63, 3.8) is 0 Å². The highest BCUT2D eigenvalue weighted by Gasteiger charge is 2.23. The summed E-state index contributed by atoms with van der Waals surface area (Å²) in [6.07, 6.45) is 1.39. The molecule has 0 bridgehead atoms. The molecule has 0 saturated heterocycles. The molecule has 42 heavy (non-hydrogen) atoms. The topological polar surface area (TPSA) is 109 Å². The summed E-state index contributed by atoms with van der Waals surface area (Å²) in [7, 11) is -3.54. The molecule has 0 saturated carbocycles. The molecule has 224 valence electrons. The minimum atomic E-state index is -3.54. The molecule has 0 aliphatic carbocycles. The Morgan fingerprint density at radius 1 is 1.00 bits per heavy atom. The Bertz CT molecular complexity index is 1620. The predicted octanol–water partition coefficient (Wildman–Crippen LogP) is 7.55. The Balaban J connectivity index is 1.62. The van der Waals surface area contributed by atoms with Crippen molar-refractivity contribution in [2.24, 2.45) is 0 Å². The van der Waals surface area contributed by atoms with Gasteiger partial charge in [0.1, 0.15) is 15.8 Å². The summed E-state index contributed by atoms with van der Waals surface area (Å²) in [5, 5.41) is 9.00. The Morgan fingerprint density at radius 2 is 1.74 bits per heavy atom. The second-order valence-corrected chi connectivity index (χ2v) is 14.0. The number of rotatable bonds is 13. The molecule has 0 aliphatic heterocycles. The van der Waals surface area contributed by atoms with Crippen molar-refractivity contribution in [2.45, 2.75) is 64.3 Å². The number of nitrogens with one attached hydrogen (secondary N) is 2. The van der Waals surface area contributed by atoms with E-state index in [4.69, 9.17) is 21.3 Å². The maximum Gasteiger partial charge on any atom is 0.229 e. The fourth-order valence-electron chi connectivity index (χ4n) is 4.13. The van der Waals surface area contributed by atoms with E-state index in [0.29, 0.717) is 17.1 Å². The number of halogens is 1. The van der Waals surface area contributed by atoms with Gasteiger partial charge in [-0.2, -0.15) is 4.98 Å². The van der Waals surface area contributed by atoms with Crippen molar-refractivity contribution in [3.05, 3.63) is 64.8 Å². The lowest BCUT2D eigenvalue weighted by Crippen LogP contribution is -2.22. The lowest BCUT2D eigenvalue weighted by Gasteiger charge is -2.17. The van der Waals surface area contributed by atoms with E-state index < -0.39 is 15.1 Å². The summed E-state index contributed by atoms with van der Waals surface area (Å²) in [6, 6.07) is 12.5. The molecule has 2 N–H and O–H groups in total. The number of hydrogen-bond donors (Lipinski definition) is 2. The normalized spacial score (nSPS) is 11.9. The van der Waals surface area contributed by atoms with E-state index >= 15 is 0 Å². The standard InChI is InChI=1S/C30H37ClN6O3S2/c1-7-37(8-2)17-22-18-41-29(33-22)21-13-14-24(26(15-21)40-19(3)4)35-30-32-16-23(31)28(36-30)34-25-11-9-10-12-27(25)42(38,39)20(5)6/h9-16,18-20H,7-8,17H2,1-6H3,(H2,32,34,35,36). The van der Waals surface area contributed by atoms with Crippen LogP contribution in [0.1, 0.15) is 47.2 Å². The fraction of sp³-hybridized carbons (Fsp3) is 0.367. The third-order valence-corrected chi connectivity index (χ3v) is 9.91. The monoisotopic (exact) mass is 628 g/mol. The molecule has 0 atom stereocenters. The number of thiazole rings is 1. The third kappa shape index (κ3) is 7.57. The van der Waals surface area contributed by atoms with Crippen molar-refractivity contribution in [2.75, 3.05) is 23.7 Å². The van der Waals surface area contributed by atoms with Gasteiger partial charge >= 0.3 is 0 Å². The van der Waals surface area contributed by atoms with Gasteiger partial charge in [0.15, 0.2) is 15.7 Å². The van der Waals surface area contributed by atoms with E-state index in [-0.39, 0.29) is 27.8 Å². The largest absolute Gasteiger partial charge is 0.489 e. The average molecular weight is 629 g/mol. The Kier molecular flexibility index (Phi) is 10.4. The molecule has 2 heterocycles. The molecule has 2 aromatic carbocycles. The van der Waals surface area contributed by atoms with Gasteiger partial charge in [-0.15, -0.1) is 11.3 Å². The van der Waals surface area contributed by atoms with Crippen LogP contribution in [0, 0.1) is 0 Å². The van der Waals surface area contributed by atoms with Gasteiger partial charge in [-0.05, 0) is 71.1 Å². The lowest BCUT2D eigenvalue weighted by atomic mass is 10.2. The molecule has 0 amide bonds. The van der Waals surface area contributed by atoms with Crippen molar-refractivity contribution < 1.29 is 13.2 Å². The van der Waals surface area contributed by atoms with Crippen LogP contribution in [0.4, 0.5) is 23.1 Å². The Hall–Kier alpha value is -3.25. The fourth-order valence-corrected chi connectivity index (χ4v) is 6.28. The first-order valence-electron chi connectivity index (χ1n) is 13.9. The van der Waals surface area contributed by atoms with E-state index in [9.17, 15) is 8.42 Å². The van der Waals surface area contributed by atoms with Gasteiger partial charge in [0.05, 0.1) is 39.5 Å². The van der Waals surface area contributed by atoms with Crippen LogP contribution in [-0.4, -0.2) is 52.7 Å². The highest BCUT2D eigenvalue weighted by molar-refractivity contribution is 7.92. The number of hydrogen-bond acceptors (Lipinski definition) is 10. The SMILES string of the molecule is CCN(CC)Cc1csc(-c2ccc(Nc3ncc(Cl)c(Nc4ccccc4S(=O)(=O)C(C)C)n3)c(OC(C)C)c2)n1. The van der Waals surface area contributed by atoms with Gasteiger partial charge in [-0.3, -0.25) is 4.90 Å². The minimum Gasteiger partial charge on any atom is -0.489 e. The number of benzene rings is 2. The summed E-state index contributed by atoms with van der Waals surface area (Å²) in [5.74, 6) is 1.17. The summed E-state index contributed by atoms with van der Waals surface area (Å²) in [5.41, 5.74) is 3.05. The first kappa shape index (κ1) is 31.7. The van der Waals surface area contributed by atoms with Gasteiger partial charge in [0.25, 0.3) is 0 Å². The zero-order chi connectivity index (χ0) is 30.4. The predicted molar refractivity (Wildman–Crippen MR) is 172 cm³/mol. The second-order valence-electron chi connectivity index (χ2n) is 10.2. The number of sulfone groups is 1. The summed E-state index contributed by atoms with van der Waals surface area (Å²) >= 11 is 8.03. The van der Waals surface area contributed by atoms with Gasteiger partial charge in [-0.25, -0.2) is 18.4 Å². The molecule has 2 aromatic heterocycles. The molecule has 4 rings (SSSR count). The maximum absolute atomic E-state index is 12.9. The Labute approximate surface area is 257 Å². The number of aromatic nitrogens is 3. The zero-order valence-electron chi connectivity index (χ0n) is 24.7. The van der Waals surface area contributed by atoms with Crippen LogP contribution in [0.2, 0.25) is 5.02 Å². The number of ether oxygens (including phenoxy) is 1. The third-order valence-electron chi connectivity index (χ3n) is 6.48.